The smallest absolute Gasteiger partial charge is 0.225 e. The Bertz CT molecular complexity index is 1000. The molecule has 1 saturated heterocycles. The van der Waals surface area contributed by atoms with E-state index in [4.69, 9.17) is 9.72 Å². The minimum Gasteiger partial charge on any atom is -0.390 e. The van der Waals surface area contributed by atoms with E-state index in [1.54, 1.807) is 13.3 Å². The Hall–Kier alpha value is -2.58. The average molecular weight is 396 g/mol. The topological polar surface area (TPSA) is 89.2 Å². The fourth-order valence-electron chi connectivity index (χ4n) is 4.05. The van der Waals surface area contributed by atoms with Crippen molar-refractivity contribution in [2.24, 2.45) is 0 Å². The second-order valence-electron chi connectivity index (χ2n) is 7.89. The zero-order valence-corrected chi connectivity index (χ0v) is 17.4. The Morgan fingerprint density at radius 2 is 2.07 bits per heavy atom. The van der Waals surface area contributed by atoms with Crippen molar-refractivity contribution in [3.05, 3.63) is 41.7 Å². The molecule has 0 aromatic carbocycles. The first-order valence-corrected chi connectivity index (χ1v) is 10.1. The van der Waals surface area contributed by atoms with Gasteiger partial charge in [-0.15, -0.1) is 0 Å². The van der Waals surface area contributed by atoms with E-state index in [1.807, 2.05) is 19.2 Å². The predicted molar refractivity (Wildman–Crippen MR) is 111 cm³/mol. The first-order valence-electron chi connectivity index (χ1n) is 10.1. The summed E-state index contributed by atoms with van der Waals surface area (Å²) in [5.41, 5.74) is 3.88. The molecule has 0 aliphatic carbocycles. The molecule has 154 valence electrons. The van der Waals surface area contributed by atoms with Crippen LogP contribution in [0.3, 0.4) is 0 Å². The number of pyridine rings is 1. The normalized spacial score (nSPS) is 20.0. The molecule has 4 rings (SSSR count). The van der Waals surface area contributed by atoms with Gasteiger partial charge in [0.25, 0.3) is 0 Å². The van der Waals surface area contributed by atoms with Crippen LogP contribution in [0, 0.1) is 6.92 Å². The van der Waals surface area contributed by atoms with E-state index in [0.717, 1.165) is 28.2 Å². The number of ether oxygens (including phenoxy) is 1. The summed E-state index contributed by atoms with van der Waals surface area (Å²) in [5, 5.41) is 10.0. The Labute approximate surface area is 170 Å². The number of aliphatic hydroxyl groups is 1. The van der Waals surface area contributed by atoms with Gasteiger partial charge in [-0.3, -0.25) is 4.98 Å². The summed E-state index contributed by atoms with van der Waals surface area (Å²) in [6.07, 6.45) is 4.23. The van der Waals surface area contributed by atoms with Gasteiger partial charge in [-0.05, 0) is 39.3 Å². The third kappa shape index (κ3) is 3.95. The van der Waals surface area contributed by atoms with Gasteiger partial charge in [-0.2, -0.15) is 0 Å². The minimum absolute atomic E-state index is 0.223. The molecule has 1 fully saturated rings. The fourth-order valence-corrected chi connectivity index (χ4v) is 4.05. The third-order valence-electron chi connectivity index (χ3n) is 5.50. The van der Waals surface area contributed by atoms with Crippen molar-refractivity contribution in [3.63, 3.8) is 0 Å². The molecule has 0 bridgehead atoms. The molecule has 1 N–H and O–H groups in total. The number of rotatable bonds is 5. The van der Waals surface area contributed by atoms with E-state index in [-0.39, 0.29) is 6.10 Å². The summed E-state index contributed by atoms with van der Waals surface area (Å²) >= 11 is 0. The highest BCUT2D eigenvalue weighted by Crippen LogP contribution is 2.22. The van der Waals surface area contributed by atoms with E-state index in [1.165, 1.54) is 0 Å². The minimum atomic E-state index is -0.440. The number of hydrogen-bond acceptors (Lipinski definition) is 7. The summed E-state index contributed by atoms with van der Waals surface area (Å²) < 4.78 is 7.62. The van der Waals surface area contributed by atoms with E-state index in [9.17, 15) is 5.11 Å². The fraction of sp³-hybridized carbons (Fsp3) is 0.524. The van der Waals surface area contributed by atoms with Crippen LogP contribution in [0.2, 0.25) is 0 Å². The van der Waals surface area contributed by atoms with Crippen molar-refractivity contribution < 1.29 is 9.84 Å². The number of imidazole rings is 1. The SMILES string of the molecule is CO[C@H]1CN(c2nccc(Cc3cc4c(cn3)nc(C)n4C(C)C)n2)CC[C@@H]1O. The maximum atomic E-state index is 10.0. The van der Waals surface area contributed by atoms with Crippen LogP contribution < -0.4 is 4.90 Å². The Kier molecular flexibility index (Phi) is 5.47. The molecule has 8 heteroatoms. The highest BCUT2D eigenvalue weighted by molar-refractivity contribution is 5.75. The molecule has 29 heavy (non-hydrogen) atoms. The summed E-state index contributed by atoms with van der Waals surface area (Å²) in [7, 11) is 1.63. The quantitative estimate of drug-likeness (QED) is 0.708. The van der Waals surface area contributed by atoms with Gasteiger partial charge in [0.1, 0.15) is 17.4 Å². The third-order valence-corrected chi connectivity index (χ3v) is 5.50. The number of piperidine rings is 1. The predicted octanol–water partition coefficient (Wildman–Crippen LogP) is 2.29. The van der Waals surface area contributed by atoms with E-state index in [0.29, 0.717) is 37.9 Å². The monoisotopic (exact) mass is 396 g/mol. The molecule has 0 spiro atoms. The van der Waals surface area contributed by atoms with Crippen molar-refractivity contribution in [1.82, 2.24) is 24.5 Å². The zero-order chi connectivity index (χ0) is 20.5. The highest BCUT2D eigenvalue weighted by Gasteiger charge is 2.29. The van der Waals surface area contributed by atoms with Crippen LogP contribution in [0.4, 0.5) is 5.95 Å². The molecule has 0 saturated carbocycles. The number of aromatic nitrogens is 5. The van der Waals surface area contributed by atoms with Crippen LogP contribution in [-0.4, -0.2) is 62.0 Å². The molecule has 0 radical (unpaired) electrons. The van der Waals surface area contributed by atoms with Crippen LogP contribution in [0.5, 0.6) is 0 Å². The number of nitrogens with zero attached hydrogens (tertiary/aromatic N) is 6. The summed E-state index contributed by atoms with van der Waals surface area (Å²) in [4.78, 5) is 20.4. The Morgan fingerprint density at radius 3 is 2.83 bits per heavy atom. The Balaban J connectivity index is 1.57. The summed E-state index contributed by atoms with van der Waals surface area (Å²) in [5.74, 6) is 1.67. The lowest BCUT2D eigenvalue weighted by Gasteiger charge is -2.35. The number of aliphatic hydroxyl groups excluding tert-OH is 1. The maximum Gasteiger partial charge on any atom is 0.225 e. The van der Waals surface area contributed by atoms with Crippen molar-refractivity contribution in [1.29, 1.82) is 0 Å². The second kappa shape index (κ2) is 8.04. The van der Waals surface area contributed by atoms with Crippen LogP contribution in [0.25, 0.3) is 11.0 Å². The molecule has 3 aromatic rings. The largest absolute Gasteiger partial charge is 0.390 e. The number of methoxy groups -OCH3 is 1. The molecule has 3 aromatic heterocycles. The van der Waals surface area contributed by atoms with E-state index in [2.05, 4.69) is 44.3 Å². The number of fused-ring (bicyclic) bond motifs is 1. The molecule has 0 unspecified atom stereocenters. The molecule has 8 nitrogen and oxygen atoms in total. The van der Waals surface area contributed by atoms with Gasteiger partial charge in [0.2, 0.25) is 5.95 Å². The van der Waals surface area contributed by atoms with Gasteiger partial charge in [0.05, 0.1) is 23.5 Å². The van der Waals surface area contributed by atoms with Gasteiger partial charge in [0, 0.05) is 44.6 Å². The van der Waals surface area contributed by atoms with Crippen molar-refractivity contribution in [2.45, 2.75) is 51.9 Å². The first-order chi connectivity index (χ1) is 14.0. The van der Waals surface area contributed by atoms with Gasteiger partial charge in [-0.25, -0.2) is 15.0 Å². The van der Waals surface area contributed by atoms with Gasteiger partial charge in [0.15, 0.2) is 0 Å². The van der Waals surface area contributed by atoms with Crippen LogP contribution >= 0.6 is 0 Å². The van der Waals surface area contributed by atoms with Gasteiger partial charge in [-0.1, -0.05) is 0 Å². The number of aryl methyl sites for hydroxylation is 1. The number of hydrogen-bond donors (Lipinski definition) is 1. The Morgan fingerprint density at radius 1 is 1.24 bits per heavy atom. The van der Waals surface area contributed by atoms with Crippen molar-refractivity contribution in [3.8, 4) is 0 Å². The van der Waals surface area contributed by atoms with Crippen molar-refractivity contribution >= 4 is 17.0 Å². The first kappa shape index (κ1) is 19.7. The molecule has 1 aliphatic heterocycles. The number of anilines is 1. The second-order valence-corrected chi connectivity index (χ2v) is 7.89. The molecule has 4 heterocycles. The average Bonchev–Trinajstić information content (AvgIpc) is 3.04. The lowest BCUT2D eigenvalue weighted by molar-refractivity contribution is -0.0208. The van der Waals surface area contributed by atoms with Gasteiger partial charge < -0.3 is 19.3 Å². The molecule has 2 atom stereocenters. The van der Waals surface area contributed by atoms with E-state index >= 15 is 0 Å². The van der Waals surface area contributed by atoms with Crippen molar-refractivity contribution in [2.75, 3.05) is 25.1 Å². The standard InChI is InChI=1S/C21H28N6O2/c1-13(2)27-14(3)24-17-11-23-16(10-18(17)27)9-15-5-7-22-21(25-15)26-8-6-19(28)20(12-26)29-4/h5,7,10-11,13,19-20,28H,6,8-9,12H2,1-4H3/t19-,20-/m0/s1. The summed E-state index contributed by atoms with van der Waals surface area (Å²) in [6.45, 7) is 7.64. The zero-order valence-electron chi connectivity index (χ0n) is 17.4. The van der Waals surface area contributed by atoms with Crippen LogP contribution in [-0.2, 0) is 11.2 Å². The van der Waals surface area contributed by atoms with Crippen LogP contribution in [0.15, 0.2) is 24.5 Å². The lowest BCUT2D eigenvalue weighted by Crippen LogP contribution is -2.48. The summed E-state index contributed by atoms with van der Waals surface area (Å²) in [6, 6.07) is 4.37. The maximum absolute atomic E-state index is 10.0. The van der Waals surface area contributed by atoms with Gasteiger partial charge >= 0.3 is 0 Å². The van der Waals surface area contributed by atoms with E-state index < -0.39 is 6.10 Å². The molecular weight excluding hydrogens is 368 g/mol. The highest BCUT2D eigenvalue weighted by atomic mass is 16.5. The lowest BCUT2D eigenvalue weighted by atomic mass is 10.1. The van der Waals surface area contributed by atoms with Crippen LogP contribution in [0.1, 0.15) is 43.5 Å². The molecule has 0 amide bonds. The molecular formula is C21H28N6O2. The molecule has 1 aliphatic rings.